The van der Waals surface area contributed by atoms with Crippen LogP contribution in [0, 0.1) is 0 Å². The fourth-order valence-corrected chi connectivity index (χ4v) is 3.34. The van der Waals surface area contributed by atoms with Gasteiger partial charge in [-0.25, -0.2) is 5.01 Å². The molecule has 1 N–H and O–H groups in total. The SMILES string of the molecule is CCSC(=O)N(Cc1ccccc1)NC(=O)CN1C(=O)c2ccccc2C1=O. The summed E-state index contributed by atoms with van der Waals surface area (Å²) < 4.78 is 0. The number of nitrogens with zero attached hydrogens (tertiary/aromatic N) is 2. The van der Waals surface area contributed by atoms with E-state index >= 15 is 0 Å². The minimum atomic E-state index is -0.615. The summed E-state index contributed by atoms with van der Waals surface area (Å²) in [6.07, 6.45) is 0. The number of amides is 4. The maximum atomic E-state index is 12.5. The van der Waals surface area contributed by atoms with Crippen LogP contribution in [0.5, 0.6) is 0 Å². The number of nitrogens with one attached hydrogen (secondary N) is 1. The molecule has 2 aromatic rings. The molecule has 0 aromatic heterocycles. The molecule has 3 rings (SSSR count). The van der Waals surface area contributed by atoms with Crippen LogP contribution in [-0.2, 0) is 11.3 Å². The van der Waals surface area contributed by atoms with Crippen molar-refractivity contribution >= 4 is 34.7 Å². The first-order valence-corrected chi connectivity index (χ1v) is 9.72. The second kappa shape index (κ2) is 8.71. The molecule has 2 aromatic carbocycles. The lowest BCUT2D eigenvalue weighted by atomic mass is 10.1. The summed E-state index contributed by atoms with van der Waals surface area (Å²) in [5, 5.41) is 0.881. The monoisotopic (exact) mass is 397 g/mol. The van der Waals surface area contributed by atoms with Crippen molar-refractivity contribution in [1.82, 2.24) is 15.3 Å². The summed E-state index contributed by atoms with van der Waals surface area (Å²) in [6, 6.07) is 15.6. The fraction of sp³-hybridized carbons (Fsp3) is 0.200. The quantitative estimate of drug-likeness (QED) is 0.619. The Morgan fingerprint density at radius 2 is 1.54 bits per heavy atom. The van der Waals surface area contributed by atoms with E-state index in [0.717, 1.165) is 22.2 Å². The number of hydrazine groups is 1. The Morgan fingerprint density at radius 1 is 0.964 bits per heavy atom. The molecule has 7 nitrogen and oxygen atoms in total. The number of rotatable bonds is 5. The number of hydrogen-bond acceptors (Lipinski definition) is 5. The summed E-state index contributed by atoms with van der Waals surface area (Å²) in [6.45, 7) is 1.56. The molecule has 0 radical (unpaired) electrons. The van der Waals surface area contributed by atoms with Gasteiger partial charge in [-0.3, -0.25) is 29.5 Å². The summed E-state index contributed by atoms with van der Waals surface area (Å²) in [7, 11) is 0. The minimum Gasteiger partial charge on any atom is -0.271 e. The molecule has 1 aliphatic heterocycles. The van der Waals surface area contributed by atoms with Crippen molar-refractivity contribution in [2.75, 3.05) is 12.3 Å². The highest BCUT2D eigenvalue weighted by atomic mass is 32.2. The number of thioether (sulfide) groups is 1. The van der Waals surface area contributed by atoms with Crippen molar-refractivity contribution in [2.24, 2.45) is 0 Å². The highest BCUT2D eigenvalue weighted by Crippen LogP contribution is 2.22. The second-order valence-electron chi connectivity index (χ2n) is 6.05. The smallest absolute Gasteiger partial charge is 0.271 e. The topological polar surface area (TPSA) is 86.8 Å². The van der Waals surface area contributed by atoms with Crippen molar-refractivity contribution in [2.45, 2.75) is 13.5 Å². The number of imide groups is 1. The maximum absolute atomic E-state index is 12.5. The first-order valence-electron chi connectivity index (χ1n) is 8.74. The molecule has 1 aliphatic rings. The van der Waals surface area contributed by atoms with E-state index in [1.807, 2.05) is 37.3 Å². The zero-order valence-corrected chi connectivity index (χ0v) is 16.1. The Kier molecular flexibility index (Phi) is 6.10. The van der Waals surface area contributed by atoms with Gasteiger partial charge in [0.15, 0.2) is 0 Å². The normalized spacial score (nSPS) is 12.7. The lowest BCUT2D eigenvalue weighted by Gasteiger charge is -2.24. The fourth-order valence-electron chi connectivity index (χ4n) is 2.83. The number of benzene rings is 2. The molecule has 0 aliphatic carbocycles. The van der Waals surface area contributed by atoms with E-state index in [2.05, 4.69) is 5.43 Å². The van der Waals surface area contributed by atoms with Crippen molar-refractivity contribution in [3.63, 3.8) is 0 Å². The van der Waals surface area contributed by atoms with E-state index in [4.69, 9.17) is 0 Å². The van der Waals surface area contributed by atoms with Crippen molar-refractivity contribution in [1.29, 1.82) is 0 Å². The van der Waals surface area contributed by atoms with Gasteiger partial charge in [0.05, 0.1) is 17.7 Å². The second-order valence-corrected chi connectivity index (χ2v) is 7.26. The van der Waals surface area contributed by atoms with E-state index in [1.165, 1.54) is 5.01 Å². The summed E-state index contributed by atoms with van der Waals surface area (Å²) in [5.41, 5.74) is 3.92. The van der Waals surface area contributed by atoms with Gasteiger partial charge in [-0.15, -0.1) is 0 Å². The van der Waals surface area contributed by atoms with E-state index in [-0.39, 0.29) is 22.9 Å². The standard InChI is InChI=1S/C20H19N3O4S/c1-2-28-20(27)23(12-14-8-4-3-5-9-14)21-17(24)13-22-18(25)15-10-6-7-11-16(15)19(22)26/h3-11H,2,12-13H2,1H3,(H,21,24). The number of fused-ring (bicyclic) bond motifs is 1. The van der Waals surface area contributed by atoms with Crippen LogP contribution >= 0.6 is 11.8 Å². The van der Waals surface area contributed by atoms with Gasteiger partial charge >= 0.3 is 0 Å². The molecule has 144 valence electrons. The first-order chi connectivity index (χ1) is 13.5. The van der Waals surface area contributed by atoms with Gasteiger partial charge in [-0.1, -0.05) is 61.2 Å². The van der Waals surface area contributed by atoms with Crippen LogP contribution in [0.4, 0.5) is 4.79 Å². The third kappa shape index (κ3) is 4.23. The summed E-state index contributed by atoms with van der Waals surface area (Å²) in [5.74, 6) is -1.09. The summed E-state index contributed by atoms with van der Waals surface area (Å²) in [4.78, 5) is 50.5. The van der Waals surface area contributed by atoms with Gasteiger partial charge in [-0.05, 0) is 23.4 Å². The highest BCUT2D eigenvalue weighted by molar-refractivity contribution is 8.13. The highest BCUT2D eigenvalue weighted by Gasteiger charge is 2.36. The van der Waals surface area contributed by atoms with Gasteiger partial charge in [-0.2, -0.15) is 0 Å². The number of carbonyl (C=O) groups is 4. The van der Waals surface area contributed by atoms with Crippen LogP contribution in [0.25, 0.3) is 0 Å². The van der Waals surface area contributed by atoms with Gasteiger partial charge in [0.1, 0.15) is 6.54 Å². The Balaban J connectivity index is 1.69. The minimum absolute atomic E-state index is 0.181. The van der Waals surface area contributed by atoms with Crippen LogP contribution in [-0.4, -0.2) is 45.2 Å². The Morgan fingerprint density at radius 3 is 2.11 bits per heavy atom. The van der Waals surface area contributed by atoms with Gasteiger partial charge in [0.25, 0.3) is 23.0 Å². The van der Waals surface area contributed by atoms with Crippen LogP contribution < -0.4 is 5.43 Å². The molecular formula is C20H19N3O4S. The molecular weight excluding hydrogens is 378 g/mol. The van der Waals surface area contributed by atoms with E-state index in [9.17, 15) is 19.2 Å². The zero-order valence-electron chi connectivity index (χ0n) is 15.3. The predicted molar refractivity (Wildman–Crippen MR) is 105 cm³/mol. The first kappa shape index (κ1) is 19.6. The number of hydrogen-bond donors (Lipinski definition) is 1. The third-order valence-electron chi connectivity index (χ3n) is 4.11. The number of carbonyl (C=O) groups excluding carboxylic acids is 4. The zero-order chi connectivity index (χ0) is 20.1. The molecule has 0 spiro atoms. The Hall–Kier alpha value is -3.13. The van der Waals surface area contributed by atoms with E-state index in [1.54, 1.807) is 24.3 Å². The molecule has 0 atom stereocenters. The van der Waals surface area contributed by atoms with Crippen molar-refractivity contribution in [3.05, 3.63) is 71.3 Å². The largest absolute Gasteiger partial charge is 0.300 e. The van der Waals surface area contributed by atoms with Gasteiger partial charge in [0.2, 0.25) is 0 Å². The van der Waals surface area contributed by atoms with Crippen molar-refractivity contribution in [3.8, 4) is 0 Å². The Bertz CT molecular complexity index is 882. The van der Waals surface area contributed by atoms with Crippen LogP contribution in [0.15, 0.2) is 54.6 Å². The lowest BCUT2D eigenvalue weighted by Crippen LogP contribution is -2.49. The lowest BCUT2D eigenvalue weighted by molar-refractivity contribution is -0.125. The van der Waals surface area contributed by atoms with E-state index in [0.29, 0.717) is 5.75 Å². The average Bonchev–Trinajstić information content (AvgIpc) is 2.94. The third-order valence-corrected chi connectivity index (χ3v) is 4.87. The predicted octanol–water partition coefficient (Wildman–Crippen LogP) is 2.69. The molecule has 8 heteroatoms. The van der Waals surface area contributed by atoms with Crippen LogP contribution in [0.2, 0.25) is 0 Å². The molecule has 1 heterocycles. The van der Waals surface area contributed by atoms with Crippen LogP contribution in [0.1, 0.15) is 33.2 Å². The molecule has 0 saturated carbocycles. The van der Waals surface area contributed by atoms with Crippen LogP contribution in [0.3, 0.4) is 0 Å². The molecule has 0 bridgehead atoms. The molecule has 0 unspecified atom stereocenters. The maximum Gasteiger partial charge on any atom is 0.300 e. The molecule has 4 amide bonds. The van der Waals surface area contributed by atoms with Gasteiger partial charge < -0.3 is 0 Å². The molecule has 0 fully saturated rings. The summed E-state index contributed by atoms with van der Waals surface area (Å²) >= 11 is 1.06. The van der Waals surface area contributed by atoms with Crippen molar-refractivity contribution < 1.29 is 19.2 Å². The van der Waals surface area contributed by atoms with E-state index < -0.39 is 24.3 Å². The molecule has 28 heavy (non-hydrogen) atoms. The van der Waals surface area contributed by atoms with Gasteiger partial charge in [0, 0.05) is 0 Å². The average molecular weight is 397 g/mol. The molecule has 0 saturated heterocycles. The Labute approximate surface area is 166 Å².